The third-order valence-electron chi connectivity index (χ3n) is 5.74. The summed E-state index contributed by atoms with van der Waals surface area (Å²) in [7, 11) is 1.82. The number of benzene rings is 1. The van der Waals surface area contributed by atoms with E-state index < -0.39 is 0 Å². The lowest BCUT2D eigenvalue weighted by atomic mass is 10.1. The van der Waals surface area contributed by atoms with Gasteiger partial charge in [-0.2, -0.15) is 0 Å². The van der Waals surface area contributed by atoms with E-state index in [0.717, 1.165) is 68.8 Å². The largest absolute Gasteiger partial charge is 0.492 e. The maximum Gasteiger partial charge on any atom is 0.231 e. The summed E-state index contributed by atoms with van der Waals surface area (Å²) in [5.41, 5.74) is 0. The van der Waals surface area contributed by atoms with Crippen LogP contribution >= 0.6 is 24.0 Å². The summed E-state index contributed by atoms with van der Waals surface area (Å²) in [6.07, 6.45) is 6.21. The molecule has 2 saturated heterocycles. The fourth-order valence-corrected chi connectivity index (χ4v) is 4.05. The van der Waals surface area contributed by atoms with Crippen molar-refractivity contribution in [3.8, 4) is 17.2 Å². The Bertz CT molecular complexity index is 706. The highest BCUT2D eigenvalue weighted by atomic mass is 127. The molecular weight excluding hydrogens is 513 g/mol. The minimum Gasteiger partial charge on any atom is -0.492 e. The zero-order valence-corrected chi connectivity index (χ0v) is 20.5. The van der Waals surface area contributed by atoms with Crippen molar-refractivity contribution in [2.24, 2.45) is 4.99 Å². The smallest absolute Gasteiger partial charge is 0.231 e. The van der Waals surface area contributed by atoms with Crippen LogP contribution in [0.25, 0.3) is 0 Å². The molecule has 0 bridgehead atoms. The minimum atomic E-state index is 0. The molecular formula is C22H34IN3O5. The molecule has 0 aliphatic carbocycles. The summed E-state index contributed by atoms with van der Waals surface area (Å²) >= 11 is 0. The summed E-state index contributed by atoms with van der Waals surface area (Å²) < 4.78 is 28.4. The van der Waals surface area contributed by atoms with Crippen LogP contribution in [0.3, 0.4) is 0 Å². The van der Waals surface area contributed by atoms with E-state index in [1.165, 1.54) is 12.8 Å². The second kappa shape index (κ2) is 12.5. The molecule has 4 rings (SSSR count). The Morgan fingerprint density at radius 3 is 2.77 bits per heavy atom. The zero-order chi connectivity index (χ0) is 20.6. The first-order chi connectivity index (χ1) is 14.8. The maximum absolute atomic E-state index is 6.11. The third-order valence-corrected chi connectivity index (χ3v) is 5.74. The van der Waals surface area contributed by atoms with Crippen molar-refractivity contribution >= 4 is 29.9 Å². The molecule has 0 saturated carbocycles. The van der Waals surface area contributed by atoms with Crippen molar-refractivity contribution in [1.82, 2.24) is 10.2 Å². The van der Waals surface area contributed by atoms with Gasteiger partial charge in [0.2, 0.25) is 6.79 Å². The summed E-state index contributed by atoms with van der Waals surface area (Å²) in [6.45, 7) is 4.99. The Morgan fingerprint density at radius 1 is 1.16 bits per heavy atom. The number of piperidine rings is 1. The summed E-state index contributed by atoms with van der Waals surface area (Å²) in [4.78, 5) is 6.72. The number of rotatable bonds is 7. The Hall–Kier alpha value is -1.46. The lowest BCUT2D eigenvalue weighted by Crippen LogP contribution is -2.48. The molecule has 0 radical (unpaired) electrons. The van der Waals surface area contributed by atoms with E-state index in [4.69, 9.17) is 23.7 Å². The number of halogens is 1. The number of aliphatic imine (C=N–C) groups is 1. The van der Waals surface area contributed by atoms with Crippen LogP contribution in [0, 0.1) is 0 Å². The van der Waals surface area contributed by atoms with Crippen LogP contribution in [0.1, 0.15) is 32.1 Å². The van der Waals surface area contributed by atoms with Crippen LogP contribution in [0.5, 0.6) is 17.2 Å². The third kappa shape index (κ3) is 7.01. The van der Waals surface area contributed by atoms with Gasteiger partial charge in [-0.25, -0.2) is 0 Å². The highest BCUT2D eigenvalue weighted by Crippen LogP contribution is 2.35. The fraction of sp³-hybridized carbons (Fsp3) is 0.682. The Kier molecular flexibility index (Phi) is 9.79. The fourth-order valence-electron chi connectivity index (χ4n) is 4.05. The van der Waals surface area contributed by atoms with E-state index in [1.54, 1.807) is 0 Å². The number of guanidine groups is 1. The van der Waals surface area contributed by atoms with Crippen LogP contribution in [0.2, 0.25) is 0 Å². The van der Waals surface area contributed by atoms with E-state index in [2.05, 4.69) is 15.2 Å². The molecule has 1 aromatic carbocycles. The van der Waals surface area contributed by atoms with Crippen LogP contribution in [-0.2, 0) is 9.47 Å². The summed E-state index contributed by atoms with van der Waals surface area (Å²) in [5.74, 6) is 3.19. The predicted octanol–water partition coefficient (Wildman–Crippen LogP) is 3.04. The van der Waals surface area contributed by atoms with Gasteiger partial charge >= 0.3 is 0 Å². The molecule has 9 heteroatoms. The lowest BCUT2D eigenvalue weighted by molar-refractivity contribution is -0.0721. The van der Waals surface area contributed by atoms with Gasteiger partial charge in [-0.05, 0) is 44.2 Å². The number of likely N-dealkylation sites (tertiary alicyclic amines) is 1. The molecule has 1 atom stereocenters. The molecule has 8 nitrogen and oxygen atoms in total. The van der Waals surface area contributed by atoms with Crippen LogP contribution in [0.15, 0.2) is 23.2 Å². The number of hydrogen-bond donors (Lipinski definition) is 1. The summed E-state index contributed by atoms with van der Waals surface area (Å²) in [5, 5.41) is 3.39. The molecule has 31 heavy (non-hydrogen) atoms. The number of nitrogens with one attached hydrogen (secondary N) is 1. The van der Waals surface area contributed by atoms with Crippen molar-refractivity contribution in [2.45, 2.75) is 44.3 Å². The van der Waals surface area contributed by atoms with Gasteiger partial charge in [0.15, 0.2) is 17.5 Å². The van der Waals surface area contributed by atoms with Crippen molar-refractivity contribution in [3.63, 3.8) is 0 Å². The lowest BCUT2D eigenvalue weighted by Gasteiger charge is -2.35. The average molecular weight is 547 g/mol. The van der Waals surface area contributed by atoms with Gasteiger partial charge in [0.1, 0.15) is 12.4 Å². The first-order valence-corrected chi connectivity index (χ1v) is 11.0. The average Bonchev–Trinajstić information content (AvgIpc) is 3.27. The van der Waals surface area contributed by atoms with E-state index in [0.29, 0.717) is 19.3 Å². The van der Waals surface area contributed by atoms with Gasteiger partial charge in [-0.3, -0.25) is 4.99 Å². The molecule has 0 amide bonds. The molecule has 3 aliphatic rings. The first-order valence-electron chi connectivity index (χ1n) is 11.0. The van der Waals surface area contributed by atoms with E-state index in [1.807, 2.05) is 25.2 Å². The normalized spacial score (nSPS) is 21.5. The number of hydrogen-bond acceptors (Lipinski definition) is 6. The molecule has 1 N–H and O–H groups in total. The molecule has 1 aromatic rings. The standard InChI is InChI=1S/C22H33N3O5.HI/c1-23-22(24-9-13-27-18-5-6-20-21(14-18)30-16-29-20)25-10-7-17(8-11-25)28-15-19-4-2-3-12-26-19;/h5-6,14,17,19H,2-4,7-13,15-16H2,1H3,(H,23,24);1H. The van der Waals surface area contributed by atoms with Crippen molar-refractivity contribution in [2.75, 3.05) is 53.3 Å². The van der Waals surface area contributed by atoms with Crippen LogP contribution in [-0.4, -0.2) is 76.4 Å². The number of fused-ring (bicyclic) bond motifs is 1. The maximum atomic E-state index is 6.11. The summed E-state index contributed by atoms with van der Waals surface area (Å²) in [6, 6.07) is 5.63. The predicted molar refractivity (Wildman–Crippen MR) is 129 cm³/mol. The monoisotopic (exact) mass is 547 g/mol. The quantitative estimate of drug-likeness (QED) is 0.244. The van der Waals surface area contributed by atoms with Gasteiger partial charge in [-0.1, -0.05) is 0 Å². The second-order valence-corrected chi connectivity index (χ2v) is 7.85. The van der Waals surface area contributed by atoms with Crippen molar-refractivity contribution in [3.05, 3.63) is 18.2 Å². The zero-order valence-electron chi connectivity index (χ0n) is 18.2. The molecule has 174 valence electrons. The van der Waals surface area contributed by atoms with E-state index >= 15 is 0 Å². The van der Waals surface area contributed by atoms with Gasteiger partial charge < -0.3 is 33.9 Å². The highest BCUT2D eigenvalue weighted by molar-refractivity contribution is 14.0. The molecule has 1 unspecified atom stereocenters. The Morgan fingerprint density at radius 2 is 2.00 bits per heavy atom. The van der Waals surface area contributed by atoms with E-state index in [9.17, 15) is 0 Å². The molecule has 2 fully saturated rings. The van der Waals surface area contributed by atoms with Gasteiger partial charge in [0.05, 0.1) is 25.4 Å². The van der Waals surface area contributed by atoms with Crippen LogP contribution < -0.4 is 19.5 Å². The molecule has 3 aliphatic heterocycles. The minimum absolute atomic E-state index is 0. The van der Waals surface area contributed by atoms with E-state index in [-0.39, 0.29) is 36.9 Å². The second-order valence-electron chi connectivity index (χ2n) is 7.85. The van der Waals surface area contributed by atoms with Gasteiger partial charge in [0.25, 0.3) is 0 Å². The first kappa shape index (κ1) is 24.2. The Balaban J connectivity index is 0.00000272. The number of nitrogens with zero attached hydrogens (tertiary/aromatic N) is 2. The Labute approximate surface area is 201 Å². The van der Waals surface area contributed by atoms with Gasteiger partial charge in [-0.15, -0.1) is 24.0 Å². The van der Waals surface area contributed by atoms with Gasteiger partial charge in [0, 0.05) is 32.8 Å². The highest BCUT2D eigenvalue weighted by Gasteiger charge is 2.23. The molecule has 0 spiro atoms. The SMILES string of the molecule is CN=C(NCCOc1ccc2c(c1)OCO2)N1CCC(OCC2CCCCO2)CC1.I. The molecule has 3 heterocycles. The topological polar surface area (TPSA) is 73.8 Å². The number of ether oxygens (including phenoxy) is 5. The van der Waals surface area contributed by atoms with Crippen molar-refractivity contribution < 1.29 is 23.7 Å². The molecule has 0 aromatic heterocycles. The van der Waals surface area contributed by atoms with Crippen molar-refractivity contribution in [1.29, 1.82) is 0 Å². The van der Waals surface area contributed by atoms with Crippen LogP contribution in [0.4, 0.5) is 0 Å².